The number of aromatic nitrogens is 4. The summed E-state index contributed by atoms with van der Waals surface area (Å²) < 4.78 is 0. The molecule has 0 aliphatic carbocycles. The fraction of sp³-hybridized carbons (Fsp3) is 0.382. The third-order valence-corrected chi connectivity index (χ3v) is 9.79. The van der Waals surface area contributed by atoms with E-state index in [1.54, 1.807) is 15.7 Å². The van der Waals surface area contributed by atoms with Crippen LogP contribution >= 0.6 is 22.7 Å². The first-order chi connectivity index (χ1) is 24.1. The lowest BCUT2D eigenvalue weighted by molar-refractivity contribution is -0.122. The molecule has 5 amide bonds. The minimum atomic E-state index is -0.761. The van der Waals surface area contributed by atoms with Gasteiger partial charge in [0.1, 0.15) is 32.8 Å². The second-order valence-corrected chi connectivity index (χ2v) is 14.0. The molecular formula is C34H39N9O5S2. The number of nitrogens with two attached hydrogens (primary N) is 1. The van der Waals surface area contributed by atoms with Crippen LogP contribution in [0, 0.1) is 5.92 Å². The Bertz CT molecular complexity index is 1810. The first-order valence-electron chi connectivity index (χ1n) is 16.3. The van der Waals surface area contributed by atoms with E-state index in [-0.39, 0.29) is 72.5 Å². The highest BCUT2D eigenvalue weighted by Gasteiger charge is 2.26. The molecule has 5 rings (SSSR count). The van der Waals surface area contributed by atoms with Gasteiger partial charge in [-0.3, -0.25) is 24.0 Å². The lowest BCUT2D eigenvalue weighted by Crippen LogP contribution is -2.36. The van der Waals surface area contributed by atoms with Crippen LogP contribution in [0.25, 0.3) is 0 Å². The van der Waals surface area contributed by atoms with Crippen molar-refractivity contribution in [3.05, 3.63) is 91.8 Å². The molecule has 262 valence electrons. The van der Waals surface area contributed by atoms with Crippen LogP contribution < -0.4 is 21.7 Å². The van der Waals surface area contributed by atoms with Gasteiger partial charge in [-0.2, -0.15) is 0 Å². The van der Waals surface area contributed by atoms with Gasteiger partial charge < -0.3 is 26.6 Å². The van der Waals surface area contributed by atoms with Crippen LogP contribution in [0.3, 0.4) is 0 Å². The number of fused-ring (bicyclic) bond motifs is 4. The smallest absolute Gasteiger partial charge is 0.274 e. The predicted molar refractivity (Wildman–Crippen MR) is 188 cm³/mol. The zero-order chi connectivity index (χ0) is 35.6. The molecule has 1 aliphatic heterocycles. The molecule has 1 aromatic carbocycles. The topological polar surface area (TPSA) is 202 Å². The summed E-state index contributed by atoms with van der Waals surface area (Å²) in [5, 5.41) is 13.5. The molecule has 0 radical (unpaired) electrons. The minimum absolute atomic E-state index is 0.0220. The highest BCUT2D eigenvalue weighted by atomic mass is 32.1. The molecule has 0 fully saturated rings. The molecule has 4 heterocycles. The number of thiazole rings is 2. The Kier molecular flexibility index (Phi) is 12.3. The Labute approximate surface area is 297 Å². The monoisotopic (exact) mass is 717 g/mol. The number of carbonyl (C=O) groups excluding carboxylic acids is 5. The van der Waals surface area contributed by atoms with Crippen molar-refractivity contribution in [3.63, 3.8) is 0 Å². The van der Waals surface area contributed by atoms with Crippen LogP contribution in [0.4, 0.5) is 0 Å². The zero-order valence-corrected chi connectivity index (χ0v) is 29.4. The molecule has 3 aromatic heterocycles. The number of amides is 5. The predicted octanol–water partition coefficient (Wildman–Crippen LogP) is 3.46. The summed E-state index contributed by atoms with van der Waals surface area (Å²) in [6, 6.07) is 8.75. The second-order valence-electron chi connectivity index (χ2n) is 12.3. The summed E-state index contributed by atoms with van der Waals surface area (Å²) in [5.41, 5.74) is 6.65. The van der Waals surface area contributed by atoms with Gasteiger partial charge in [-0.25, -0.2) is 19.9 Å². The van der Waals surface area contributed by atoms with Gasteiger partial charge in [-0.1, -0.05) is 44.2 Å². The van der Waals surface area contributed by atoms with E-state index in [4.69, 9.17) is 5.73 Å². The van der Waals surface area contributed by atoms with Gasteiger partial charge in [0.15, 0.2) is 0 Å². The number of benzene rings is 1. The lowest BCUT2D eigenvalue weighted by atomic mass is 10.0. The molecule has 5 N–H and O–H groups in total. The van der Waals surface area contributed by atoms with Crippen molar-refractivity contribution in [3.8, 4) is 0 Å². The number of nitrogens with one attached hydrogen (secondary N) is 3. The summed E-state index contributed by atoms with van der Waals surface area (Å²) in [4.78, 5) is 83.5. The van der Waals surface area contributed by atoms with Crippen LogP contribution in [-0.2, 0) is 11.2 Å². The van der Waals surface area contributed by atoms with Crippen LogP contribution in [0.1, 0.15) is 109 Å². The molecule has 50 heavy (non-hydrogen) atoms. The molecule has 16 heteroatoms. The third kappa shape index (κ3) is 9.75. The highest BCUT2D eigenvalue weighted by molar-refractivity contribution is 7.10. The number of hydrogen-bond acceptors (Lipinski definition) is 11. The van der Waals surface area contributed by atoms with E-state index >= 15 is 0 Å². The van der Waals surface area contributed by atoms with Crippen molar-refractivity contribution < 1.29 is 24.0 Å². The summed E-state index contributed by atoms with van der Waals surface area (Å²) >= 11 is 2.58. The van der Waals surface area contributed by atoms with Crippen molar-refractivity contribution in [1.29, 1.82) is 0 Å². The van der Waals surface area contributed by atoms with E-state index in [0.717, 1.165) is 11.8 Å². The fourth-order valence-electron chi connectivity index (χ4n) is 5.38. The van der Waals surface area contributed by atoms with E-state index < -0.39 is 23.9 Å². The van der Waals surface area contributed by atoms with Crippen molar-refractivity contribution in [2.24, 2.45) is 11.7 Å². The van der Waals surface area contributed by atoms with Crippen molar-refractivity contribution in [2.75, 3.05) is 19.6 Å². The van der Waals surface area contributed by atoms with E-state index in [0.29, 0.717) is 35.7 Å². The van der Waals surface area contributed by atoms with E-state index in [1.807, 2.05) is 44.2 Å². The second kappa shape index (κ2) is 17.0. The Hall–Kier alpha value is -5.09. The molecule has 0 saturated heterocycles. The molecular weight excluding hydrogens is 679 g/mol. The van der Waals surface area contributed by atoms with Gasteiger partial charge in [0.05, 0.1) is 24.5 Å². The van der Waals surface area contributed by atoms with Crippen LogP contribution in [0.2, 0.25) is 0 Å². The Balaban J connectivity index is 1.40. The zero-order valence-electron chi connectivity index (χ0n) is 27.8. The molecule has 14 nitrogen and oxygen atoms in total. The maximum atomic E-state index is 13.5. The highest BCUT2D eigenvalue weighted by Crippen LogP contribution is 2.27. The number of primary amides is 1. The Morgan fingerprint density at radius 1 is 0.880 bits per heavy atom. The number of rotatable bonds is 6. The largest absolute Gasteiger partial charge is 0.364 e. The summed E-state index contributed by atoms with van der Waals surface area (Å²) in [5.74, 6) is -1.94. The summed E-state index contributed by atoms with van der Waals surface area (Å²) in [6.07, 6.45) is 4.29. The van der Waals surface area contributed by atoms with Gasteiger partial charge in [0.25, 0.3) is 23.6 Å². The van der Waals surface area contributed by atoms with Crippen LogP contribution in [0.15, 0.2) is 53.5 Å². The minimum Gasteiger partial charge on any atom is -0.364 e. The Morgan fingerprint density at radius 3 is 2.18 bits per heavy atom. The maximum absolute atomic E-state index is 13.5. The van der Waals surface area contributed by atoms with E-state index in [1.165, 1.54) is 28.9 Å². The first kappa shape index (κ1) is 36.2. The van der Waals surface area contributed by atoms with E-state index in [2.05, 4.69) is 35.9 Å². The molecule has 4 aromatic rings. The molecule has 4 bridgehead atoms. The first-order valence-corrected chi connectivity index (χ1v) is 18.1. The molecule has 2 atom stereocenters. The standard InChI is InChI=1S/C34H39N9O5S2/c1-20(2)14-22-32-42-27(19-50-32)31(47)40-23(15-21-8-4-3-5-9-21)33-41-26(18-49-33)30(46)36-11-7-13-43(12-6-10-28(44)39-22)34(48)25-17-37-24(16-38-25)29(35)45/h3-5,8-9,16-20,22-23H,6-7,10-15H2,1-2H3,(H2,35,45)(H,36,46)(H,39,44)(H,40,47)/t22-,23-/m0/s1. The fourth-order valence-corrected chi connectivity index (χ4v) is 7.09. The van der Waals surface area contributed by atoms with Crippen molar-refractivity contribution >= 4 is 52.2 Å². The van der Waals surface area contributed by atoms with Gasteiger partial charge in [0.2, 0.25) is 5.91 Å². The molecule has 0 spiro atoms. The average molecular weight is 718 g/mol. The van der Waals surface area contributed by atoms with Crippen LogP contribution in [-0.4, -0.2) is 74.0 Å². The number of hydrogen-bond donors (Lipinski definition) is 4. The molecule has 0 unspecified atom stereocenters. The summed E-state index contributed by atoms with van der Waals surface area (Å²) in [7, 11) is 0. The van der Waals surface area contributed by atoms with Crippen molar-refractivity contribution in [2.45, 2.75) is 58.0 Å². The average Bonchev–Trinajstić information content (AvgIpc) is 3.80. The van der Waals surface area contributed by atoms with Gasteiger partial charge in [-0.05, 0) is 37.2 Å². The molecule has 0 saturated carbocycles. The number of nitrogens with zero attached hydrogens (tertiary/aromatic N) is 5. The van der Waals surface area contributed by atoms with Crippen LogP contribution in [0.5, 0.6) is 0 Å². The maximum Gasteiger partial charge on any atom is 0.274 e. The van der Waals surface area contributed by atoms with Gasteiger partial charge in [0, 0.05) is 36.8 Å². The number of carbonyl (C=O) groups is 5. The summed E-state index contributed by atoms with van der Waals surface area (Å²) in [6.45, 7) is 4.82. The van der Waals surface area contributed by atoms with Crippen molar-refractivity contribution in [1.82, 2.24) is 40.8 Å². The quantitative estimate of drug-likeness (QED) is 0.230. The van der Waals surface area contributed by atoms with Gasteiger partial charge in [-0.15, -0.1) is 22.7 Å². The lowest BCUT2D eigenvalue weighted by Gasteiger charge is -2.23. The van der Waals surface area contributed by atoms with E-state index in [9.17, 15) is 24.0 Å². The Morgan fingerprint density at radius 2 is 1.52 bits per heavy atom. The normalized spacial score (nSPS) is 18.1. The van der Waals surface area contributed by atoms with Gasteiger partial charge >= 0.3 is 0 Å². The third-order valence-electron chi connectivity index (χ3n) is 7.87. The molecule has 1 aliphatic rings. The SMILES string of the molecule is CC(C)C[C@@H]1NC(=O)CCCN(C(=O)c2cnc(C(N)=O)cn2)CCCNC(=O)c2csc(n2)[C@H](Cc2ccccc2)NC(=O)c2csc1n2.